The number of aromatic amines is 1. The Balaban J connectivity index is 1.64. The van der Waals surface area contributed by atoms with E-state index in [-0.39, 0.29) is 17.0 Å². The van der Waals surface area contributed by atoms with Gasteiger partial charge in [0.2, 0.25) is 5.78 Å². The number of nitrogens with one attached hydrogen (secondary N) is 1. The molecular weight excluding hydrogens is 336 g/mol. The molecule has 3 rings (SSSR count). The van der Waals surface area contributed by atoms with Crippen LogP contribution in [0.4, 0.5) is 5.69 Å². The molecule has 0 unspecified atom stereocenters. The molecule has 130 valence electrons. The van der Waals surface area contributed by atoms with Gasteiger partial charge in [0.1, 0.15) is 0 Å². The Morgan fingerprint density at radius 1 is 1.12 bits per heavy atom. The van der Waals surface area contributed by atoms with E-state index >= 15 is 0 Å². The monoisotopic (exact) mass is 350 g/mol. The second-order valence-corrected chi connectivity index (χ2v) is 5.43. The molecule has 3 aromatic rings. The van der Waals surface area contributed by atoms with Crippen molar-refractivity contribution in [3.05, 3.63) is 82.0 Å². The minimum absolute atomic E-state index is 0.119. The normalized spacial score (nSPS) is 10.9. The lowest BCUT2D eigenvalue weighted by molar-refractivity contribution is -0.385. The molecule has 7 heteroatoms. The highest BCUT2D eigenvalue weighted by Crippen LogP contribution is 2.19. The average molecular weight is 350 g/mol. The van der Waals surface area contributed by atoms with Gasteiger partial charge < -0.3 is 9.72 Å². The van der Waals surface area contributed by atoms with Gasteiger partial charge in [-0.2, -0.15) is 0 Å². The molecule has 1 aromatic heterocycles. The van der Waals surface area contributed by atoms with Crippen LogP contribution in [0.15, 0.2) is 60.8 Å². The van der Waals surface area contributed by atoms with Crippen molar-refractivity contribution < 1.29 is 19.2 Å². The SMILES string of the molecule is O=C(/C=C/c1ccccc1[N+](=O)[O-])OCC(=O)c1c[nH]c2ccccc12. The summed E-state index contributed by atoms with van der Waals surface area (Å²) in [7, 11) is 0. The summed E-state index contributed by atoms with van der Waals surface area (Å²) < 4.78 is 4.94. The maximum Gasteiger partial charge on any atom is 0.331 e. The van der Waals surface area contributed by atoms with Gasteiger partial charge in [0.15, 0.2) is 6.61 Å². The maximum atomic E-state index is 12.2. The van der Waals surface area contributed by atoms with Crippen LogP contribution in [0.2, 0.25) is 0 Å². The minimum Gasteiger partial charge on any atom is -0.454 e. The van der Waals surface area contributed by atoms with Crippen LogP contribution in [0, 0.1) is 10.1 Å². The third-order valence-corrected chi connectivity index (χ3v) is 3.77. The van der Waals surface area contributed by atoms with E-state index in [9.17, 15) is 19.7 Å². The van der Waals surface area contributed by atoms with Crippen molar-refractivity contribution in [3.8, 4) is 0 Å². The molecular formula is C19H14N2O5. The minimum atomic E-state index is -0.753. The second kappa shape index (κ2) is 7.43. The zero-order valence-electron chi connectivity index (χ0n) is 13.5. The third-order valence-electron chi connectivity index (χ3n) is 3.77. The number of nitro benzene ring substituents is 1. The molecule has 0 fully saturated rings. The maximum absolute atomic E-state index is 12.2. The molecule has 1 heterocycles. The van der Waals surface area contributed by atoms with E-state index in [1.54, 1.807) is 18.3 Å². The van der Waals surface area contributed by atoms with Crippen molar-refractivity contribution in [2.24, 2.45) is 0 Å². The molecule has 0 radical (unpaired) electrons. The largest absolute Gasteiger partial charge is 0.454 e. The van der Waals surface area contributed by atoms with E-state index in [0.717, 1.165) is 17.0 Å². The van der Waals surface area contributed by atoms with Crippen LogP contribution >= 0.6 is 0 Å². The summed E-state index contributed by atoms with van der Waals surface area (Å²) in [5, 5.41) is 11.7. The number of esters is 1. The highest BCUT2D eigenvalue weighted by molar-refractivity contribution is 6.09. The lowest BCUT2D eigenvalue weighted by Gasteiger charge is -2.01. The van der Waals surface area contributed by atoms with Crippen LogP contribution < -0.4 is 0 Å². The predicted octanol–water partition coefficient (Wildman–Crippen LogP) is 3.52. The fraction of sp³-hybridized carbons (Fsp3) is 0.0526. The number of ether oxygens (including phenoxy) is 1. The summed E-state index contributed by atoms with van der Waals surface area (Å²) in [4.78, 5) is 37.4. The molecule has 0 spiro atoms. The van der Waals surface area contributed by atoms with Crippen molar-refractivity contribution >= 4 is 34.4 Å². The average Bonchev–Trinajstić information content (AvgIpc) is 3.08. The van der Waals surface area contributed by atoms with E-state index in [0.29, 0.717) is 5.56 Å². The van der Waals surface area contributed by atoms with Crippen LogP contribution in [0.5, 0.6) is 0 Å². The Hall–Kier alpha value is -3.74. The number of rotatable bonds is 6. The van der Waals surface area contributed by atoms with Gasteiger partial charge in [-0.05, 0) is 18.2 Å². The number of carbonyl (C=O) groups is 2. The molecule has 2 aromatic carbocycles. The fourth-order valence-corrected chi connectivity index (χ4v) is 2.52. The van der Waals surface area contributed by atoms with E-state index in [1.807, 2.05) is 18.2 Å². The Bertz CT molecular complexity index is 1020. The fourth-order valence-electron chi connectivity index (χ4n) is 2.52. The lowest BCUT2D eigenvalue weighted by atomic mass is 10.1. The first kappa shape index (κ1) is 17.1. The molecule has 26 heavy (non-hydrogen) atoms. The smallest absolute Gasteiger partial charge is 0.331 e. The number of benzene rings is 2. The number of nitro groups is 1. The molecule has 7 nitrogen and oxygen atoms in total. The number of para-hydroxylation sites is 2. The highest BCUT2D eigenvalue weighted by atomic mass is 16.6. The van der Waals surface area contributed by atoms with E-state index in [4.69, 9.17) is 4.74 Å². The Kier molecular flexibility index (Phi) is 4.89. The van der Waals surface area contributed by atoms with Crippen LogP contribution in [0.3, 0.4) is 0 Å². The van der Waals surface area contributed by atoms with Gasteiger partial charge in [-0.25, -0.2) is 4.79 Å². The molecule has 0 aliphatic heterocycles. The van der Waals surface area contributed by atoms with E-state index < -0.39 is 17.5 Å². The first-order valence-corrected chi connectivity index (χ1v) is 7.74. The summed E-state index contributed by atoms with van der Waals surface area (Å²) in [6, 6.07) is 13.3. The van der Waals surface area contributed by atoms with Gasteiger partial charge in [-0.1, -0.05) is 30.3 Å². The van der Waals surface area contributed by atoms with Crippen LogP contribution in [0.1, 0.15) is 15.9 Å². The van der Waals surface area contributed by atoms with E-state index in [2.05, 4.69) is 4.98 Å². The van der Waals surface area contributed by atoms with Crippen molar-refractivity contribution in [2.75, 3.05) is 6.61 Å². The quantitative estimate of drug-likeness (QED) is 0.241. The number of carbonyl (C=O) groups excluding carboxylic acids is 2. The number of fused-ring (bicyclic) bond motifs is 1. The second-order valence-electron chi connectivity index (χ2n) is 5.43. The van der Waals surface area contributed by atoms with Crippen molar-refractivity contribution in [2.45, 2.75) is 0 Å². The molecule has 0 aliphatic rings. The molecule has 0 saturated heterocycles. The van der Waals surface area contributed by atoms with Crippen LogP contribution in [0.25, 0.3) is 17.0 Å². The molecule has 0 saturated carbocycles. The first-order valence-electron chi connectivity index (χ1n) is 7.74. The van der Waals surface area contributed by atoms with Gasteiger partial charge in [-0.15, -0.1) is 0 Å². The van der Waals surface area contributed by atoms with E-state index in [1.165, 1.54) is 24.3 Å². The van der Waals surface area contributed by atoms with Gasteiger partial charge in [0.05, 0.1) is 10.5 Å². The zero-order chi connectivity index (χ0) is 18.5. The Labute approximate surface area is 148 Å². The van der Waals surface area contributed by atoms with Gasteiger partial charge in [0, 0.05) is 34.8 Å². The molecule has 0 aliphatic carbocycles. The summed E-state index contributed by atoms with van der Waals surface area (Å²) in [5.41, 5.74) is 1.42. The number of ketones is 1. The van der Waals surface area contributed by atoms with Crippen molar-refractivity contribution in [1.29, 1.82) is 0 Å². The molecule has 0 atom stereocenters. The van der Waals surface area contributed by atoms with Crippen LogP contribution in [-0.2, 0) is 9.53 Å². The summed E-state index contributed by atoms with van der Waals surface area (Å²) in [5.74, 6) is -1.09. The molecule has 0 amide bonds. The summed E-state index contributed by atoms with van der Waals surface area (Å²) >= 11 is 0. The summed E-state index contributed by atoms with van der Waals surface area (Å²) in [6.45, 7) is -0.415. The van der Waals surface area contributed by atoms with Crippen molar-refractivity contribution in [3.63, 3.8) is 0 Å². The topological polar surface area (TPSA) is 102 Å². The number of nitrogens with zero attached hydrogens (tertiary/aromatic N) is 1. The zero-order valence-corrected chi connectivity index (χ0v) is 13.5. The van der Waals surface area contributed by atoms with Crippen molar-refractivity contribution in [1.82, 2.24) is 4.98 Å². The Morgan fingerprint density at radius 3 is 2.65 bits per heavy atom. The third kappa shape index (κ3) is 3.67. The molecule has 0 bridgehead atoms. The lowest BCUT2D eigenvalue weighted by Crippen LogP contribution is -2.12. The standard InChI is InChI=1S/C19H14N2O5/c22-18(15-11-20-16-7-3-2-6-14(15)16)12-26-19(23)10-9-13-5-1-4-8-17(13)21(24)25/h1-11,20H,12H2/b10-9+. The van der Waals surface area contributed by atoms with Gasteiger partial charge >= 0.3 is 5.97 Å². The first-order chi connectivity index (χ1) is 12.6. The number of hydrogen-bond acceptors (Lipinski definition) is 5. The Morgan fingerprint density at radius 2 is 1.85 bits per heavy atom. The summed E-state index contributed by atoms with van der Waals surface area (Å²) in [6.07, 6.45) is 3.92. The van der Waals surface area contributed by atoms with Crippen LogP contribution in [-0.4, -0.2) is 28.3 Å². The van der Waals surface area contributed by atoms with Gasteiger partial charge in [-0.3, -0.25) is 14.9 Å². The number of Topliss-reactive ketones (excluding diaryl/α,β-unsaturated/α-hetero) is 1. The van der Waals surface area contributed by atoms with Gasteiger partial charge in [0.25, 0.3) is 5.69 Å². The number of hydrogen-bond donors (Lipinski definition) is 1. The molecule has 1 N–H and O–H groups in total. The number of aromatic nitrogens is 1. The highest BCUT2D eigenvalue weighted by Gasteiger charge is 2.14. The number of H-pyrrole nitrogens is 1. The predicted molar refractivity (Wildman–Crippen MR) is 95.7 cm³/mol.